The topological polar surface area (TPSA) is 94.4 Å². The molecule has 1 amide bonds. The smallest absolute Gasteiger partial charge is 0.413 e. The number of carbonyl (C=O) groups excluding carboxylic acids is 1. The maximum absolute atomic E-state index is 11.2. The Morgan fingerprint density at radius 3 is 2.68 bits per heavy atom. The van der Waals surface area contributed by atoms with E-state index >= 15 is 0 Å². The number of aromatic hydroxyl groups is 2. The fourth-order valence-electron chi connectivity index (χ4n) is 1.99. The summed E-state index contributed by atoms with van der Waals surface area (Å²) >= 11 is 0. The van der Waals surface area contributed by atoms with Crippen LogP contribution in [0, 0.1) is 0 Å². The first-order chi connectivity index (χ1) is 9.04. The monoisotopic (exact) mass is 265 g/mol. The molecule has 2 rings (SSSR count). The van der Waals surface area contributed by atoms with E-state index in [1.54, 1.807) is 18.0 Å². The molecule has 0 saturated heterocycles. The molecule has 1 aliphatic heterocycles. The van der Waals surface area contributed by atoms with Crippen molar-refractivity contribution in [2.45, 2.75) is 6.04 Å². The molecule has 1 heterocycles. The Bertz CT molecular complexity index is 509. The largest absolute Gasteiger partial charge is 0.507 e. The van der Waals surface area contributed by atoms with Gasteiger partial charge < -0.3 is 19.8 Å². The number of alkyl carbamates (subject to hydrolysis) is 1. The molecule has 1 aromatic carbocycles. The maximum atomic E-state index is 11.2. The summed E-state index contributed by atoms with van der Waals surface area (Å²) in [6.45, 7) is 0.320. The van der Waals surface area contributed by atoms with E-state index in [-0.39, 0.29) is 17.5 Å². The predicted octanol–water partition coefficient (Wildman–Crippen LogP) is 0.796. The minimum Gasteiger partial charge on any atom is -0.507 e. The number of likely N-dealkylation sites (N-methyl/N-ethyl adjacent to an activating group) is 1. The van der Waals surface area contributed by atoms with E-state index in [1.807, 2.05) is 0 Å². The van der Waals surface area contributed by atoms with E-state index in [0.29, 0.717) is 18.1 Å². The number of nitrogens with one attached hydrogen (secondary N) is 1. The first-order valence-corrected chi connectivity index (χ1v) is 5.67. The lowest BCUT2D eigenvalue weighted by Gasteiger charge is -2.24. The molecular formula is C12H15N3O4. The van der Waals surface area contributed by atoms with Crippen LogP contribution in [0.4, 0.5) is 4.79 Å². The molecule has 19 heavy (non-hydrogen) atoms. The number of nitrogens with zero attached hydrogens (tertiary/aromatic N) is 2. The lowest BCUT2D eigenvalue weighted by molar-refractivity contribution is 0.175. The second-order valence-corrected chi connectivity index (χ2v) is 4.12. The zero-order valence-electron chi connectivity index (χ0n) is 10.6. The van der Waals surface area contributed by atoms with Gasteiger partial charge in [0.05, 0.1) is 25.3 Å². The van der Waals surface area contributed by atoms with Crippen molar-refractivity contribution >= 4 is 12.1 Å². The average molecular weight is 265 g/mol. The predicted molar refractivity (Wildman–Crippen MR) is 68.1 cm³/mol. The SMILES string of the molecule is COC(=O)NC1=NCC(c2c(O)cccc2O)N1C. The van der Waals surface area contributed by atoms with Crippen LogP contribution in [0.3, 0.4) is 0 Å². The minimum atomic E-state index is -0.618. The van der Waals surface area contributed by atoms with Crippen LogP contribution in [0.2, 0.25) is 0 Å². The molecule has 3 N–H and O–H groups in total. The lowest BCUT2D eigenvalue weighted by atomic mass is 10.0. The maximum Gasteiger partial charge on any atom is 0.413 e. The summed E-state index contributed by atoms with van der Waals surface area (Å²) in [7, 11) is 2.97. The van der Waals surface area contributed by atoms with E-state index in [4.69, 9.17) is 0 Å². The second kappa shape index (κ2) is 5.05. The van der Waals surface area contributed by atoms with Crippen molar-refractivity contribution in [2.24, 2.45) is 4.99 Å². The number of phenols is 2. The molecular weight excluding hydrogens is 250 g/mol. The number of benzene rings is 1. The van der Waals surface area contributed by atoms with Crippen LogP contribution >= 0.6 is 0 Å². The van der Waals surface area contributed by atoms with Gasteiger partial charge in [-0.25, -0.2) is 4.79 Å². The average Bonchev–Trinajstić information content (AvgIpc) is 2.71. The summed E-state index contributed by atoms with van der Waals surface area (Å²) < 4.78 is 4.49. The van der Waals surface area contributed by atoms with Crippen LogP contribution in [0.25, 0.3) is 0 Å². The van der Waals surface area contributed by atoms with Crippen molar-refractivity contribution in [3.8, 4) is 11.5 Å². The number of guanidine groups is 1. The highest BCUT2D eigenvalue weighted by Crippen LogP contribution is 2.37. The zero-order chi connectivity index (χ0) is 14.0. The van der Waals surface area contributed by atoms with E-state index in [9.17, 15) is 15.0 Å². The summed E-state index contributed by atoms with van der Waals surface area (Å²) in [6.07, 6.45) is -0.618. The van der Waals surface area contributed by atoms with Crippen molar-refractivity contribution in [2.75, 3.05) is 20.7 Å². The van der Waals surface area contributed by atoms with E-state index in [1.165, 1.54) is 19.2 Å². The van der Waals surface area contributed by atoms with Crippen LogP contribution in [-0.4, -0.2) is 47.9 Å². The number of ether oxygens (including phenoxy) is 1. The fourth-order valence-corrected chi connectivity index (χ4v) is 1.99. The van der Waals surface area contributed by atoms with Gasteiger partial charge in [-0.1, -0.05) is 6.07 Å². The summed E-state index contributed by atoms with van der Waals surface area (Å²) in [5.74, 6) is 0.317. The summed E-state index contributed by atoms with van der Waals surface area (Å²) in [5.41, 5.74) is 0.385. The number of amides is 1. The minimum absolute atomic E-state index is 0.00799. The molecule has 102 valence electrons. The molecule has 1 atom stereocenters. The standard InChI is InChI=1S/C12H15N3O4/c1-15-7(6-13-11(15)14-12(18)19-2)10-8(16)4-3-5-9(10)17/h3-5,7,16-17H,6H2,1-2H3,(H,13,14,18). The van der Waals surface area contributed by atoms with Crippen LogP contribution in [-0.2, 0) is 4.74 Å². The highest BCUT2D eigenvalue weighted by atomic mass is 16.5. The van der Waals surface area contributed by atoms with Gasteiger partial charge in [0.15, 0.2) is 0 Å². The third-order valence-corrected chi connectivity index (χ3v) is 3.01. The van der Waals surface area contributed by atoms with Gasteiger partial charge in [-0.15, -0.1) is 0 Å². The molecule has 0 fully saturated rings. The Balaban J connectivity index is 2.20. The Morgan fingerprint density at radius 1 is 1.47 bits per heavy atom. The number of hydrogen-bond acceptors (Lipinski definition) is 6. The second-order valence-electron chi connectivity index (χ2n) is 4.12. The molecule has 0 aromatic heterocycles. The first kappa shape index (κ1) is 13.0. The molecule has 0 bridgehead atoms. The molecule has 0 saturated carbocycles. The number of methoxy groups -OCH3 is 1. The third-order valence-electron chi connectivity index (χ3n) is 3.01. The zero-order valence-corrected chi connectivity index (χ0v) is 10.6. The quantitative estimate of drug-likeness (QED) is 0.698. The Kier molecular flexibility index (Phi) is 3.46. The van der Waals surface area contributed by atoms with E-state index < -0.39 is 6.09 Å². The van der Waals surface area contributed by atoms with Crippen molar-refractivity contribution in [3.05, 3.63) is 23.8 Å². The van der Waals surface area contributed by atoms with Crippen molar-refractivity contribution in [1.29, 1.82) is 0 Å². The van der Waals surface area contributed by atoms with Crippen molar-refractivity contribution in [3.63, 3.8) is 0 Å². The van der Waals surface area contributed by atoms with Crippen LogP contribution in [0.1, 0.15) is 11.6 Å². The van der Waals surface area contributed by atoms with Gasteiger partial charge in [-0.05, 0) is 12.1 Å². The number of rotatable bonds is 1. The molecule has 1 aromatic rings. The highest BCUT2D eigenvalue weighted by molar-refractivity contribution is 5.95. The van der Waals surface area contributed by atoms with Gasteiger partial charge in [-0.2, -0.15) is 0 Å². The fraction of sp³-hybridized carbons (Fsp3) is 0.333. The summed E-state index contributed by atoms with van der Waals surface area (Å²) in [4.78, 5) is 17.0. The molecule has 0 spiro atoms. The molecule has 1 unspecified atom stereocenters. The Morgan fingerprint density at radius 2 is 2.11 bits per heavy atom. The molecule has 1 aliphatic rings. The van der Waals surface area contributed by atoms with Gasteiger partial charge in [0.2, 0.25) is 5.96 Å². The van der Waals surface area contributed by atoms with Gasteiger partial charge in [-0.3, -0.25) is 10.3 Å². The van der Waals surface area contributed by atoms with Crippen LogP contribution < -0.4 is 5.32 Å². The molecule has 7 nitrogen and oxygen atoms in total. The van der Waals surface area contributed by atoms with Gasteiger partial charge in [0.25, 0.3) is 0 Å². The molecule has 0 radical (unpaired) electrons. The van der Waals surface area contributed by atoms with Crippen molar-refractivity contribution in [1.82, 2.24) is 10.2 Å². The van der Waals surface area contributed by atoms with Gasteiger partial charge >= 0.3 is 6.09 Å². The van der Waals surface area contributed by atoms with Crippen LogP contribution in [0.15, 0.2) is 23.2 Å². The lowest BCUT2D eigenvalue weighted by Crippen LogP contribution is -2.40. The van der Waals surface area contributed by atoms with E-state index in [2.05, 4.69) is 15.0 Å². The van der Waals surface area contributed by atoms with Crippen molar-refractivity contribution < 1.29 is 19.7 Å². The molecule has 0 aliphatic carbocycles. The Hall–Kier alpha value is -2.44. The number of aliphatic imine (C=N–C) groups is 1. The first-order valence-electron chi connectivity index (χ1n) is 5.67. The third kappa shape index (κ3) is 2.40. The number of carbonyl (C=O) groups is 1. The number of hydrogen-bond donors (Lipinski definition) is 3. The van der Waals surface area contributed by atoms with Gasteiger partial charge in [0.1, 0.15) is 11.5 Å². The summed E-state index contributed by atoms with van der Waals surface area (Å²) in [6, 6.07) is 4.20. The van der Waals surface area contributed by atoms with E-state index in [0.717, 1.165) is 0 Å². The number of phenolic OH excluding ortho intramolecular Hbond substituents is 2. The van der Waals surface area contributed by atoms with Crippen LogP contribution in [0.5, 0.6) is 11.5 Å². The highest BCUT2D eigenvalue weighted by Gasteiger charge is 2.31. The Labute approximate surface area is 110 Å². The summed E-state index contributed by atoms with van der Waals surface area (Å²) in [5, 5.41) is 22.1. The normalized spacial score (nSPS) is 18.1. The molecule has 7 heteroatoms. The van der Waals surface area contributed by atoms with Gasteiger partial charge in [0, 0.05) is 7.05 Å².